The number of hydrogen-bond donors (Lipinski definition) is 2. The summed E-state index contributed by atoms with van der Waals surface area (Å²) < 4.78 is 34.4. The molecule has 0 fully saturated rings. The Kier molecular flexibility index (Phi) is 5.19. The van der Waals surface area contributed by atoms with Crippen LogP contribution in [-0.2, 0) is 15.9 Å². The van der Waals surface area contributed by atoms with Gasteiger partial charge in [-0.15, -0.1) is 0 Å². The number of carbonyl (C=O) groups is 2. The van der Waals surface area contributed by atoms with E-state index in [1.807, 2.05) is 0 Å². The Balaban J connectivity index is 1.69. The third-order valence-electron chi connectivity index (χ3n) is 5.09. The number of benzene rings is 2. The molecule has 0 atom stereocenters. The summed E-state index contributed by atoms with van der Waals surface area (Å²) in [4.78, 5) is 29.7. The fourth-order valence-electron chi connectivity index (χ4n) is 3.53. The van der Waals surface area contributed by atoms with Gasteiger partial charge in [0.2, 0.25) is 0 Å². The van der Waals surface area contributed by atoms with Crippen LogP contribution in [0.25, 0.3) is 10.2 Å². The number of nitrogens with one attached hydrogen (secondary N) is 1. The van der Waals surface area contributed by atoms with Crippen molar-refractivity contribution in [1.29, 1.82) is 0 Å². The van der Waals surface area contributed by atoms with Gasteiger partial charge in [0.05, 0.1) is 40.5 Å². The van der Waals surface area contributed by atoms with Crippen LogP contribution in [0.1, 0.15) is 26.3 Å². The van der Waals surface area contributed by atoms with Gasteiger partial charge in [-0.05, 0) is 36.4 Å². The topological polar surface area (TPSA) is 115 Å². The lowest BCUT2D eigenvalue weighted by Gasteiger charge is -2.33. The average Bonchev–Trinajstić information content (AvgIpc) is 3.15. The van der Waals surface area contributed by atoms with Gasteiger partial charge in [0, 0.05) is 24.6 Å². The highest BCUT2D eigenvalue weighted by Crippen LogP contribution is 2.38. The summed E-state index contributed by atoms with van der Waals surface area (Å²) in [5, 5.41) is 3.79. The van der Waals surface area contributed by atoms with E-state index in [-0.39, 0.29) is 29.2 Å². The lowest BCUT2D eigenvalue weighted by molar-refractivity contribution is 0.0988. The summed E-state index contributed by atoms with van der Waals surface area (Å²) in [6.07, 6.45) is 5.08. The van der Waals surface area contributed by atoms with Gasteiger partial charge in [0.15, 0.2) is 16.7 Å². The fraction of sp³-hybridized carbons (Fsp3) is 0.227. The molecule has 0 aliphatic heterocycles. The van der Waals surface area contributed by atoms with Gasteiger partial charge in [-0.25, -0.2) is 9.19 Å². The van der Waals surface area contributed by atoms with E-state index in [0.717, 1.165) is 4.70 Å². The van der Waals surface area contributed by atoms with Gasteiger partial charge in [-0.3, -0.25) is 14.1 Å². The first kappa shape index (κ1) is 22.1. The van der Waals surface area contributed by atoms with Gasteiger partial charge in [-0.2, -0.15) is 9.35 Å². The van der Waals surface area contributed by atoms with Crippen molar-refractivity contribution < 1.29 is 27.8 Å². The maximum Gasteiger partial charge on any atom is 0.190 e. The van der Waals surface area contributed by atoms with Crippen molar-refractivity contribution in [2.45, 2.75) is 11.4 Å². The minimum atomic E-state index is -3.86. The Labute approximate surface area is 188 Å². The number of anilines is 1. The van der Waals surface area contributed by atoms with Crippen molar-refractivity contribution in [2.24, 2.45) is 0 Å². The van der Waals surface area contributed by atoms with Crippen LogP contribution in [0.2, 0.25) is 0 Å². The van der Waals surface area contributed by atoms with Crippen molar-refractivity contribution in [2.75, 3.05) is 32.0 Å². The van der Waals surface area contributed by atoms with E-state index in [1.165, 1.54) is 50.2 Å². The zero-order chi connectivity index (χ0) is 23.3. The second kappa shape index (κ2) is 7.51. The molecular weight excluding hydrogens is 452 g/mol. The number of methoxy groups -OCH3 is 2. The predicted molar refractivity (Wildman–Crippen MR) is 125 cm³/mol. The van der Waals surface area contributed by atoms with Crippen LogP contribution in [0, 0.1) is 0 Å². The summed E-state index contributed by atoms with van der Waals surface area (Å²) in [5.74, 6) is -0.0454. The molecule has 1 aliphatic rings. The zero-order valence-electron chi connectivity index (χ0n) is 17.9. The van der Waals surface area contributed by atoms with Crippen LogP contribution in [0.4, 0.5) is 5.13 Å². The number of ether oxygens (including phenoxy) is 2. The number of hydrogen-bond acceptors (Lipinski definition) is 8. The highest BCUT2D eigenvalue weighted by atomic mass is 32.3. The summed E-state index contributed by atoms with van der Waals surface area (Å²) in [7, 11) is -0.980. The minimum Gasteiger partial charge on any atom is -0.496 e. The van der Waals surface area contributed by atoms with Crippen LogP contribution in [-0.4, -0.2) is 52.0 Å². The molecule has 2 aromatic carbocycles. The number of rotatable bonds is 6. The Bertz CT molecular complexity index is 1370. The largest absolute Gasteiger partial charge is 0.496 e. The van der Waals surface area contributed by atoms with Crippen molar-refractivity contribution in [3.05, 3.63) is 53.1 Å². The Hall–Kier alpha value is -3.08. The van der Waals surface area contributed by atoms with E-state index >= 15 is 0 Å². The summed E-state index contributed by atoms with van der Waals surface area (Å²) in [5.41, 5.74) is 1.69. The molecule has 8 nitrogen and oxygen atoms in total. The van der Waals surface area contributed by atoms with Gasteiger partial charge in [0.25, 0.3) is 0 Å². The second-order valence-electron chi connectivity index (χ2n) is 7.85. The number of thiazole rings is 1. The lowest BCUT2D eigenvalue weighted by Crippen LogP contribution is -2.28. The molecular formula is C22H22N2O6S2. The maximum atomic E-state index is 12.5. The number of fused-ring (bicyclic) bond motifs is 2. The molecule has 0 bridgehead atoms. The highest BCUT2D eigenvalue weighted by molar-refractivity contribution is 8.14. The molecule has 1 aromatic heterocycles. The van der Waals surface area contributed by atoms with Gasteiger partial charge in [0.1, 0.15) is 11.5 Å². The SMILES string of the molecule is COc1cc(CNc2nc3ccc(S(C)(C)(=O)O)cc3s2)c(OC)c2c1C(=O)C=CC2=O. The van der Waals surface area contributed by atoms with E-state index < -0.39 is 9.35 Å². The number of aromatic nitrogens is 1. The zero-order valence-corrected chi connectivity index (χ0v) is 19.6. The fourth-order valence-corrected chi connectivity index (χ4v) is 5.42. The molecule has 168 valence electrons. The first-order chi connectivity index (χ1) is 15.0. The Morgan fingerprint density at radius 3 is 2.38 bits per heavy atom. The number of ketones is 2. The average molecular weight is 475 g/mol. The number of nitrogens with zero attached hydrogens (tertiary/aromatic N) is 1. The van der Waals surface area contributed by atoms with E-state index in [1.54, 1.807) is 24.3 Å². The monoisotopic (exact) mass is 474 g/mol. The number of allylic oxidation sites excluding steroid dienone is 2. The quantitative estimate of drug-likeness (QED) is 0.555. The van der Waals surface area contributed by atoms with E-state index in [9.17, 15) is 18.4 Å². The van der Waals surface area contributed by atoms with Gasteiger partial charge in [-0.1, -0.05) is 11.3 Å². The smallest absolute Gasteiger partial charge is 0.190 e. The lowest BCUT2D eigenvalue weighted by atomic mass is 9.90. The molecule has 10 heteroatoms. The molecule has 0 saturated carbocycles. The van der Waals surface area contributed by atoms with E-state index in [2.05, 4.69) is 10.3 Å². The summed E-state index contributed by atoms with van der Waals surface area (Å²) >= 11 is 1.34. The molecule has 2 N–H and O–H groups in total. The van der Waals surface area contributed by atoms with Crippen LogP contribution < -0.4 is 14.8 Å². The molecule has 0 saturated heterocycles. The van der Waals surface area contributed by atoms with Crippen molar-refractivity contribution in [1.82, 2.24) is 4.98 Å². The summed E-state index contributed by atoms with van der Waals surface area (Å²) in [6, 6.07) is 6.66. The van der Waals surface area contributed by atoms with Gasteiger partial charge < -0.3 is 14.8 Å². The Morgan fingerprint density at radius 1 is 1.06 bits per heavy atom. The van der Waals surface area contributed by atoms with Crippen LogP contribution in [0.15, 0.2) is 41.3 Å². The third-order valence-corrected chi connectivity index (χ3v) is 7.66. The van der Waals surface area contributed by atoms with Gasteiger partial charge >= 0.3 is 0 Å². The molecule has 0 radical (unpaired) electrons. The van der Waals surface area contributed by atoms with Crippen molar-refractivity contribution >= 4 is 47.6 Å². The van der Waals surface area contributed by atoms with Crippen LogP contribution >= 0.6 is 11.3 Å². The summed E-state index contributed by atoms with van der Waals surface area (Å²) in [6.45, 7) is 0.256. The molecule has 1 heterocycles. The first-order valence-corrected chi connectivity index (χ1v) is 13.1. The molecule has 4 rings (SSSR count). The first-order valence-electron chi connectivity index (χ1n) is 9.54. The molecule has 1 aliphatic carbocycles. The number of carbonyl (C=O) groups excluding carboxylic acids is 2. The molecule has 0 unspecified atom stereocenters. The second-order valence-corrected chi connectivity index (χ2v) is 12.9. The predicted octanol–water partition coefficient (Wildman–Crippen LogP) is 3.77. The molecule has 0 spiro atoms. The minimum absolute atomic E-state index is 0.180. The van der Waals surface area contributed by atoms with Crippen LogP contribution in [0.3, 0.4) is 0 Å². The third kappa shape index (κ3) is 3.92. The normalized spacial score (nSPS) is 14.7. The van der Waals surface area contributed by atoms with Crippen LogP contribution in [0.5, 0.6) is 11.5 Å². The van der Waals surface area contributed by atoms with E-state index in [0.29, 0.717) is 32.6 Å². The molecule has 3 aromatic rings. The van der Waals surface area contributed by atoms with E-state index in [4.69, 9.17) is 9.47 Å². The maximum absolute atomic E-state index is 12.5. The van der Waals surface area contributed by atoms with Crippen molar-refractivity contribution in [3.63, 3.8) is 0 Å². The molecule has 0 amide bonds. The molecule has 32 heavy (non-hydrogen) atoms. The van der Waals surface area contributed by atoms with Crippen molar-refractivity contribution in [3.8, 4) is 11.5 Å². The Morgan fingerprint density at radius 2 is 1.75 bits per heavy atom. The highest BCUT2D eigenvalue weighted by Gasteiger charge is 2.29. The standard InChI is InChI=1S/C22H22N2O6S2/c1-29-17-9-12(21(30-2)20-16(26)8-7-15(25)19(17)20)11-23-22-24-14-6-5-13(10-18(14)31-22)32(3,4,27)28/h5-10H,11H2,1-4H3,(H,23,24)(H,27,28).